The molecule has 0 rings (SSSR count). The first-order valence-corrected chi connectivity index (χ1v) is 10.8. The van der Waals surface area contributed by atoms with Crippen LogP contribution in [0.2, 0.25) is 0 Å². The van der Waals surface area contributed by atoms with Crippen molar-refractivity contribution in [3.63, 3.8) is 0 Å². The van der Waals surface area contributed by atoms with Crippen LogP contribution in [0.5, 0.6) is 0 Å². The average molecular weight is 510 g/mol. The Kier molecular flexibility index (Phi) is 13.0. The molecule has 0 aromatic heterocycles. The third-order valence-electron chi connectivity index (χ3n) is 4.71. The zero-order valence-electron chi connectivity index (χ0n) is 21.6. The van der Waals surface area contributed by atoms with Gasteiger partial charge in [-0.25, -0.2) is 0 Å². The summed E-state index contributed by atoms with van der Waals surface area (Å²) in [4.78, 5) is 81.9. The molecule has 13 nitrogen and oxygen atoms in total. The Morgan fingerprint density at radius 2 is 0.778 bits per heavy atom. The third kappa shape index (κ3) is 11.9. The molecule has 0 bridgehead atoms. The monoisotopic (exact) mass is 510 g/mol. The molecule has 17 heteroatoms. The Bertz CT molecular complexity index is 762. The standard InChI is InChI=1S/C19H30B4O13/c1-17(4-24,5-31-11(25)18(2,7-33-13(20)27)8-34-14(21)28)6-32-12(26)19(3,9-35-15(22)29)10-36-16(23)30/h4H,5-10,20-23H2,1-3H3. The number of hydrogen-bond donors (Lipinski definition) is 0. The van der Waals surface area contributed by atoms with Gasteiger partial charge in [0, 0.05) is 0 Å². The predicted octanol–water partition coefficient (Wildman–Crippen LogP) is -2.63. The molecule has 0 amide bonds. The number of carbonyl (C=O) groups excluding carboxylic acids is 7. The van der Waals surface area contributed by atoms with E-state index in [2.05, 4.69) is 0 Å². The van der Waals surface area contributed by atoms with E-state index in [9.17, 15) is 33.6 Å². The second-order valence-electron chi connectivity index (χ2n) is 9.17. The lowest BCUT2D eigenvalue weighted by Gasteiger charge is -2.30. The van der Waals surface area contributed by atoms with Gasteiger partial charge in [-0.1, -0.05) is 0 Å². The van der Waals surface area contributed by atoms with Crippen molar-refractivity contribution in [1.82, 2.24) is 0 Å². The summed E-state index contributed by atoms with van der Waals surface area (Å²) in [5.41, 5.74) is -4.63. The van der Waals surface area contributed by atoms with Gasteiger partial charge in [0.1, 0.15) is 56.8 Å². The summed E-state index contributed by atoms with van der Waals surface area (Å²) >= 11 is 0. The van der Waals surface area contributed by atoms with Crippen LogP contribution in [-0.2, 0) is 42.8 Å². The second-order valence-corrected chi connectivity index (χ2v) is 9.17. The van der Waals surface area contributed by atoms with Crippen LogP contribution in [0.4, 0.5) is 19.2 Å². The zero-order valence-corrected chi connectivity index (χ0v) is 21.6. The lowest BCUT2D eigenvalue weighted by atomic mass is 9.91. The van der Waals surface area contributed by atoms with Gasteiger partial charge < -0.3 is 33.2 Å². The van der Waals surface area contributed by atoms with Crippen LogP contribution < -0.4 is 0 Å². The Morgan fingerprint density at radius 3 is 0.972 bits per heavy atom. The van der Waals surface area contributed by atoms with Crippen molar-refractivity contribution in [2.45, 2.75) is 20.8 Å². The van der Waals surface area contributed by atoms with Gasteiger partial charge in [-0.2, -0.15) is 0 Å². The second kappa shape index (κ2) is 14.3. The lowest BCUT2D eigenvalue weighted by Crippen LogP contribution is -2.44. The van der Waals surface area contributed by atoms with E-state index in [0.29, 0.717) is 6.29 Å². The first-order chi connectivity index (χ1) is 16.5. The largest absolute Gasteiger partial charge is 0.473 e. The van der Waals surface area contributed by atoms with Gasteiger partial charge >= 0.3 is 11.9 Å². The highest BCUT2D eigenvalue weighted by Crippen LogP contribution is 2.25. The van der Waals surface area contributed by atoms with E-state index >= 15 is 0 Å². The van der Waals surface area contributed by atoms with Gasteiger partial charge in [0.05, 0.1) is 5.41 Å². The maximum absolute atomic E-state index is 12.7. The lowest BCUT2D eigenvalue weighted by molar-refractivity contribution is -0.169. The minimum absolute atomic E-state index is 0.415. The van der Waals surface area contributed by atoms with Crippen LogP contribution in [0, 0.1) is 16.2 Å². The first-order valence-electron chi connectivity index (χ1n) is 10.8. The van der Waals surface area contributed by atoms with Crippen LogP contribution in [0.15, 0.2) is 0 Å². The highest BCUT2D eigenvalue weighted by Gasteiger charge is 2.42. The molecule has 0 saturated carbocycles. The summed E-state index contributed by atoms with van der Waals surface area (Å²) in [5, 5.41) is 0. The number of carbonyl (C=O) groups is 7. The predicted molar refractivity (Wildman–Crippen MR) is 132 cm³/mol. The fourth-order valence-corrected chi connectivity index (χ4v) is 2.28. The molecular weight excluding hydrogens is 479 g/mol. The smallest absolute Gasteiger partial charge is 0.318 e. The molecule has 0 unspecified atom stereocenters. The molecule has 0 fully saturated rings. The van der Waals surface area contributed by atoms with Crippen LogP contribution in [0.25, 0.3) is 0 Å². The summed E-state index contributed by atoms with van der Waals surface area (Å²) in [7, 11) is 4.52. The Morgan fingerprint density at radius 1 is 0.528 bits per heavy atom. The van der Waals surface area contributed by atoms with Crippen molar-refractivity contribution in [1.29, 1.82) is 0 Å². The Balaban J connectivity index is 5.36. The van der Waals surface area contributed by atoms with E-state index in [0.717, 1.165) is 31.4 Å². The van der Waals surface area contributed by atoms with Gasteiger partial charge in [-0.05, 0) is 20.8 Å². The van der Waals surface area contributed by atoms with Gasteiger partial charge in [-0.3, -0.25) is 28.8 Å². The van der Waals surface area contributed by atoms with Crippen LogP contribution >= 0.6 is 0 Å². The SMILES string of the molecule is BC(=O)OCC(C)(COC(B)=O)C(=O)OCC(C)(C=O)COC(=O)C(C)(COC(B)=O)COC(B)=O. The van der Waals surface area contributed by atoms with Gasteiger partial charge in [-0.15, -0.1) is 0 Å². The highest BCUT2D eigenvalue weighted by atomic mass is 16.6. The molecule has 0 saturated heterocycles. The summed E-state index contributed by atoms with van der Waals surface area (Å²) in [5.74, 6) is -4.56. The summed E-state index contributed by atoms with van der Waals surface area (Å²) in [6.45, 7) is 1.15. The molecule has 0 atom stereocenters. The number of esters is 2. The van der Waals surface area contributed by atoms with Gasteiger partial charge in [0.25, 0.3) is 0 Å². The molecule has 196 valence electrons. The molecule has 0 N–H and O–H groups in total. The van der Waals surface area contributed by atoms with Crippen molar-refractivity contribution in [3.8, 4) is 0 Å². The summed E-state index contributed by atoms with van der Waals surface area (Å²) < 4.78 is 29.9. The van der Waals surface area contributed by atoms with Crippen molar-refractivity contribution in [2.24, 2.45) is 16.2 Å². The minimum Gasteiger partial charge on any atom is -0.473 e. The van der Waals surface area contributed by atoms with Gasteiger partial charge in [0.2, 0.25) is 54.9 Å². The number of hydrogen-bond acceptors (Lipinski definition) is 13. The molecule has 36 heavy (non-hydrogen) atoms. The third-order valence-corrected chi connectivity index (χ3v) is 4.71. The fourth-order valence-electron chi connectivity index (χ4n) is 2.28. The van der Waals surface area contributed by atoms with Crippen molar-refractivity contribution < 1.29 is 62.0 Å². The molecule has 0 aliphatic heterocycles. The van der Waals surface area contributed by atoms with E-state index < -0.39 is 91.3 Å². The Labute approximate surface area is 212 Å². The van der Waals surface area contributed by atoms with Crippen molar-refractivity contribution >= 4 is 73.1 Å². The molecule has 0 aliphatic rings. The van der Waals surface area contributed by atoms with Gasteiger partial charge in [0.15, 0.2) is 0 Å². The van der Waals surface area contributed by atoms with Crippen LogP contribution in [-0.4, -0.2) is 113 Å². The first kappa shape index (κ1) is 32.7. The number of aldehydes is 1. The summed E-state index contributed by atoms with van der Waals surface area (Å²) in [6.07, 6.45) is 0.415. The molecule has 0 spiro atoms. The quantitative estimate of drug-likeness (QED) is 0.0970. The van der Waals surface area contributed by atoms with Crippen LogP contribution in [0.3, 0.4) is 0 Å². The van der Waals surface area contributed by atoms with E-state index in [1.54, 1.807) is 0 Å². The minimum atomic E-state index is -1.57. The van der Waals surface area contributed by atoms with E-state index in [1.807, 2.05) is 0 Å². The maximum Gasteiger partial charge on any atom is 0.318 e. The normalized spacial score (nSPS) is 11.4. The fraction of sp³-hybridized carbons (Fsp3) is 0.632. The summed E-state index contributed by atoms with van der Waals surface area (Å²) in [6, 6.07) is 0. The molecule has 0 heterocycles. The molecular formula is C19H30B4O13. The molecule has 0 aliphatic carbocycles. The van der Waals surface area contributed by atoms with Crippen LogP contribution in [0.1, 0.15) is 20.8 Å². The van der Waals surface area contributed by atoms with E-state index in [4.69, 9.17) is 28.4 Å². The van der Waals surface area contributed by atoms with Crippen molar-refractivity contribution in [2.75, 3.05) is 39.6 Å². The number of ether oxygens (including phenoxy) is 6. The zero-order chi connectivity index (χ0) is 28.2. The van der Waals surface area contributed by atoms with E-state index in [-0.39, 0.29) is 0 Å². The molecule has 0 aromatic carbocycles. The molecule has 0 aromatic rings. The number of rotatable bonds is 15. The Hall–Kier alpha value is -3.25. The van der Waals surface area contributed by atoms with Crippen molar-refractivity contribution in [3.05, 3.63) is 0 Å². The topological polar surface area (TPSA) is 175 Å². The maximum atomic E-state index is 12.7. The average Bonchev–Trinajstić information content (AvgIpc) is 2.80. The highest BCUT2D eigenvalue weighted by molar-refractivity contribution is 6.55. The molecule has 0 radical (unpaired) electrons. The van der Waals surface area contributed by atoms with E-state index in [1.165, 1.54) is 20.8 Å².